The Hall–Kier alpha value is -1.79. The van der Waals surface area contributed by atoms with Gasteiger partial charge in [-0.25, -0.2) is 4.79 Å². The van der Waals surface area contributed by atoms with E-state index in [-0.39, 0.29) is 12.5 Å². The summed E-state index contributed by atoms with van der Waals surface area (Å²) >= 11 is 0. The predicted octanol–water partition coefficient (Wildman–Crippen LogP) is 0.698. The van der Waals surface area contributed by atoms with Crippen LogP contribution < -0.4 is 0 Å². The Labute approximate surface area is 111 Å². The first kappa shape index (κ1) is 15.3. The van der Waals surface area contributed by atoms with Gasteiger partial charge in [-0.3, -0.25) is 14.5 Å². The second-order valence-electron chi connectivity index (χ2n) is 5.42. The van der Waals surface area contributed by atoms with Gasteiger partial charge in [-0.2, -0.15) is 0 Å². The average molecular weight is 272 g/mol. The van der Waals surface area contributed by atoms with Crippen LogP contribution in [0.25, 0.3) is 0 Å². The van der Waals surface area contributed by atoms with E-state index >= 15 is 0 Å². The molecule has 7 nitrogen and oxygen atoms in total. The molecule has 1 aliphatic rings. The first-order valence-corrected chi connectivity index (χ1v) is 6.18. The minimum Gasteiger partial charge on any atom is -0.481 e. The lowest BCUT2D eigenvalue weighted by atomic mass is 9.89. The van der Waals surface area contributed by atoms with Crippen molar-refractivity contribution >= 4 is 18.0 Å². The van der Waals surface area contributed by atoms with E-state index in [1.807, 2.05) is 0 Å². The maximum absolute atomic E-state index is 12.0. The Balaban J connectivity index is 2.61. The first-order valence-electron chi connectivity index (χ1n) is 6.18. The van der Waals surface area contributed by atoms with E-state index in [1.165, 1.54) is 4.90 Å². The summed E-state index contributed by atoms with van der Waals surface area (Å²) in [6.07, 6.45) is -0.764. The van der Waals surface area contributed by atoms with Gasteiger partial charge in [0.25, 0.3) is 0 Å². The Kier molecular flexibility index (Phi) is 4.39. The zero-order chi connectivity index (χ0) is 14.8. The molecule has 19 heavy (non-hydrogen) atoms. The van der Waals surface area contributed by atoms with Gasteiger partial charge in [0.05, 0.1) is 5.41 Å². The maximum Gasteiger partial charge on any atom is 0.408 e. The molecule has 1 atom stereocenters. The van der Waals surface area contributed by atoms with Gasteiger partial charge in [0.1, 0.15) is 6.04 Å². The molecule has 1 fully saturated rings. The smallest absolute Gasteiger partial charge is 0.408 e. The molecule has 1 rings (SSSR count). The normalized spacial score (nSPS) is 20.6. The highest BCUT2D eigenvalue weighted by Gasteiger charge is 2.35. The molecule has 1 saturated heterocycles. The van der Waals surface area contributed by atoms with Gasteiger partial charge < -0.3 is 15.1 Å². The number of aliphatic carboxylic acids is 1. The summed E-state index contributed by atoms with van der Waals surface area (Å²) in [5, 5.41) is 17.9. The molecule has 2 N–H and O–H groups in total. The fourth-order valence-electron chi connectivity index (χ4n) is 1.93. The second-order valence-corrected chi connectivity index (χ2v) is 5.42. The second kappa shape index (κ2) is 5.46. The molecule has 0 saturated carbocycles. The van der Waals surface area contributed by atoms with Gasteiger partial charge in [-0.15, -0.1) is 0 Å². The highest BCUT2D eigenvalue weighted by molar-refractivity contribution is 5.86. The monoisotopic (exact) mass is 272 g/mol. The van der Waals surface area contributed by atoms with Crippen molar-refractivity contribution in [2.24, 2.45) is 5.41 Å². The Morgan fingerprint density at radius 1 is 1.32 bits per heavy atom. The van der Waals surface area contributed by atoms with Crippen molar-refractivity contribution in [1.29, 1.82) is 0 Å². The molecule has 0 radical (unpaired) electrons. The molecule has 0 bridgehead atoms. The van der Waals surface area contributed by atoms with Crippen molar-refractivity contribution in [3.05, 3.63) is 0 Å². The first-order chi connectivity index (χ1) is 8.66. The topological polar surface area (TPSA) is 98.2 Å². The van der Waals surface area contributed by atoms with Gasteiger partial charge in [-0.05, 0) is 27.2 Å². The maximum atomic E-state index is 12.0. The average Bonchev–Trinajstić information content (AvgIpc) is 2.30. The number of carboxylic acid groups (broad SMARTS) is 2. The summed E-state index contributed by atoms with van der Waals surface area (Å²) in [5.74, 6) is -1.17. The number of amides is 2. The number of rotatable bonds is 4. The summed E-state index contributed by atoms with van der Waals surface area (Å²) < 4.78 is 0. The fourth-order valence-corrected chi connectivity index (χ4v) is 1.93. The molecule has 1 aliphatic heterocycles. The Morgan fingerprint density at radius 3 is 2.37 bits per heavy atom. The van der Waals surface area contributed by atoms with E-state index in [0.717, 1.165) is 4.90 Å². The van der Waals surface area contributed by atoms with Gasteiger partial charge >= 0.3 is 12.1 Å². The summed E-state index contributed by atoms with van der Waals surface area (Å²) in [5.41, 5.74) is -0.895. The lowest BCUT2D eigenvalue weighted by Gasteiger charge is -2.38. The highest BCUT2D eigenvalue weighted by atomic mass is 16.4. The van der Waals surface area contributed by atoms with Crippen molar-refractivity contribution < 1.29 is 24.6 Å². The van der Waals surface area contributed by atoms with Crippen molar-refractivity contribution in [2.75, 3.05) is 19.6 Å². The molecule has 0 aromatic carbocycles. The third kappa shape index (κ3) is 3.36. The Bertz CT molecular complexity index is 394. The predicted molar refractivity (Wildman–Crippen MR) is 66.8 cm³/mol. The lowest BCUT2D eigenvalue weighted by Crippen LogP contribution is -2.57. The molecule has 1 heterocycles. The third-order valence-corrected chi connectivity index (χ3v) is 3.58. The molecule has 7 heteroatoms. The number of carboxylic acids is 1. The van der Waals surface area contributed by atoms with Crippen LogP contribution in [-0.2, 0) is 9.59 Å². The minimum absolute atomic E-state index is 0.260. The largest absolute Gasteiger partial charge is 0.481 e. The van der Waals surface area contributed by atoms with Crippen molar-refractivity contribution in [3.8, 4) is 0 Å². The van der Waals surface area contributed by atoms with E-state index in [4.69, 9.17) is 10.2 Å². The van der Waals surface area contributed by atoms with Gasteiger partial charge in [0.15, 0.2) is 0 Å². The van der Waals surface area contributed by atoms with Gasteiger partial charge in [0.2, 0.25) is 5.91 Å². The summed E-state index contributed by atoms with van der Waals surface area (Å²) in [4.78, 5) is 36.5. The summed E-state index contributed by atoms with van der Waals surface area (Å²) in [6.45, 7) is 5.66. The van der Waals surface area contributed by atoms with E-state index in [9.17, 15) is 14.4 Å². The molecule has 0 spiro atoms. The lowest BCUT2D eigenvalue weighted by molar-refractivity contribution is -0.149. The van der Waals surface area contributed by atoms with Gasteiger partial charge in [-0.1, -0.05) is 0 Å². The van der Waals surface area contributed by atoms with Crippen LogP contribution in [0.2, 0.25) is 0 Å². The number of carbonyl (C=O) groups excluding carboxylic acids is 1. The van der Waals surface area contributed by atoms with Crippen LogP contribution in [0.3, 0.4) is 0 Å². The summed E-state index contributed by atoms with van der Waals surface area (Å²) in [7, 11) is 0. The summed E-state index contributed by atoms with van der Waals surface area (Å²) in [6, 6.07) is -0.709. The molecule has 108 valence electrons. The Morgan fingerprint density at radius 2 is 1.89 bits per heavy atom. The SMILES string of the molecule is C[C@H]1C(=O)N(CCC(C)(C)C(=O)O)CCN1C(=O)O. The van der Waals surface area contributed by atoms with Crippen LogP contribution in [0, 0.1) is 5.41 Å². The minimum atomic E-state index is -1.11. The van der Waals surface area contributed by atoms with Crippen LogP contribution >= 0.6 is 0 Å². The van der Waals surface area contributed by atoms with Crippen LogP contribution in [0.5, 0.6) is 0 Å². The number of nitrogens with zero attached hydrogens (tertiary/aromatic N) is 2. The standard InChI is InChI=1S/C12H20N2O5/c1-8-9(15)13(6-7-14(8)11(18)19)5-4-12(2,3)10(16)17/h8H,4-7H2,1-3H3,(H,16,17)(H,18,19)/t8-/m0/s1. The third-order valence-electron chi connectivity index (χ3n) is 3.58. The highest BCUT2D eigenvalue weighted by Crippen LogP contribution is 2.22. The van der Waals surface area contributed by atoms with Crippen molar-refractivity contribution in [1.82, 2.24) is 9.80 Å². The van der Waals surface area contributed by atoms with Gasteiger partial charge in [0, 0.05) is 19.6 Å². The molecule has 0 unspecified atom stereocenters. The van der Waals surface area contributed by atoms with Crippen LogP contribution in [0.15, 0.2) is 0 Å². The number of hydrogen-bond acceptors (Lipinski definition) is 3. The zero-order valence-corrected chi connectivity index (χ0v) is 11.4. The van der Waals surface area contributed by atoms with E-state index in [0.29, 0.717) is 19.5 Å². The van der Waals surface area contributed by atoms with Crippen LogP contribution in [0.4, 0.5) is 4.79 Å². The molecule has 0 aromatic rings. The van der Waals surface area contributed by atoms with Crippen molar-refractivity contribution in [2.45, 2.75) is 33.2 Å². The van der Waals surface area contributed by atoms with E-state index in [1.54, 1.807) is 20.8 Å². The molecular weight excluding hydrogens is 252 g/mol. The van der Waals surface area contributed by atoms with Crippen LogP contribution in [0.1, 0.15) is 27.2 Å². The number of piperazine rings is 1. The van der Waals surface area contributed by atoms with E-state index < -0.39 is 23.5 Å². The number of hydrogen-bond donors (Lipinski definition) is 2. The fraction of sp³-hybridized carbons (Fsp3) is 0.750. The molecular formula is C12H20N2O5. The zero-order valence-electron chi connectivity index (χ0n) is 11.4. The molecule has 2 amide bonds. The van der Waals surface area contributed by atoms with Crippen LogP contribution in [-0.4, -0.2) is 63.7 Å². The molecule has 0 aliphatic carbocycles. The molecule has 0 aromatic heterocycles. The van der Waals surface area contributed by atoms with E-state index in [2.05, 4.69) is 0 Å². The van der Waals surface area contributed by atoms with Crippen molar-refractivity contribution in [3.63, 3.8) is 0 Å². The number of carbonyl (C=O) groups is 3. The quantitative estimate of drug-likeness (QED) is 0.785.